The van der Waals surface area contributed by atoms with Crippen molar-refractivity contribution in [2.75, 3.05) is 26.2 Å². The molecule has 0 aromatic heterocycles. The van der Waals surface area contributed by atoms with Crippen molar-refractivity contribution in [2.24, 2.45) is 5.73 Å². The number of hydrogen-bond donors (Lipinski definition) is 1. The smallest absolute Gasteiger partial charge is 0.216 e. The first-order valence-corrected chi connectivity index (χ1v) is 8.74. The lowest BCUT2D eigenvalue weighted by atomic mass is 10.1. The van der Waals surface area contributed by atoms with Gasteiger partial charge in [-0.25, -0.2) is 8.42 Å². The van der Waals surface area contributed by atoms with Crippen LogP contribution in [0.5, 0.6) is 0 Å². The second kappa shape index (κ2) is 6.97. The summed E-state index contributed by atoms with van der Waals surface area (Å²) in [5.41, 5.74) is 5.78. The van der Waals surface area contributed by atoms with E-state index < -0.39 is 10.0 Å². The summed E-state index contributed by atoms with van der Waals surface area (Å²) in [5.74, 6) is 0. The fourth-order valence-corrected chi connectivity index (χ4v) is 3.88. The van der Waals surface area contributed by atoms with Crippen LogP contribution in [-0.4, -0.2) is 60.1 Å². The fourth-order valence-electron chi connectivity index (χ4n) is 2.35. The van der Waals surface area contributed by atoms with Gasteiger partial charge in [0.05, 0.1) is 16.3 Å². The van der Waals surface area contributed by atoms with E-state index >= 15 is 0 Å². The SMILES string of the molecule is CCCC(C(N)=S)N1CCN(S(=O)(=O)C(C)C)CC1. The molecule has 0 aromatic rings. The van der Waals surface area contributed by atoms with Gasteiger partial charge < -0.3 is 5.73 Å². The van der Waals surface area contributed by atoms with E-state index in [1.807, 2.05) is 0 Å². The Labute approximate surface area is 122 Å². The average Bonchev–Trinajstić information content (AvgIpc) is 2.35. The van der Waals surface area contributed by atoms with Gasteiger partial charge in [-0.3, -0.25) is 4.90 Å². The van der Waals surface area contributed by atoms with Gasteiger partial charge in [0.15, 0.2) is 0 Å². The lowest BCUT2D eigenvalue weighted by Crippen LogP contribution is -2.55. The first-order chi connectivity index (χ1) is 8.80. The van der Waals surface area contributed by atoms with E-state index in [1.165, 1.54) is 0 Å². The van der Waals surface area contributed by atoms with Crippen LogP contribution in [0.4, 0.5) is 0 Å². The molecule has 0 radical (unpaired) electrons. The summed E-state index contributed by atoms with van der Waals surface area (Å²) in [7, 11) is -3.14. The van der Waals surface area contributed by atoms with Crippen molar-refractivity contribution in [1.29, 1.82) is 0 Å². The maximum absolute atomic E-state index is 12.1. The third-order valence-corrected chi connectivity index (χ3v) is 6.11. The largest absolute Gasteiger partial charge is 0.392 e. The van der Waals surface area contributed by atoms with Crippen LogP contribution in [0.15, 0.2) is 0 Å². The van der Waals surface area contributed by atoms with E-state index in [4.69, 9.17) is 18.0 Å². The summed E-state index contributed by atoms with van der Waals surface area (Å²) >= 11 is 5.11. The van der Waals surface area contributed by atoms with Crippen LogP contribution in [-0.2, 0) is 10.0 Å². The molecule has 0 aliphatic carbocycles. The third-order valence-electron chi connectivity index (χ3n) is 3.56. The van der Waals surface area contributed by atoms with E-state index in [0.29, 0.717) is 31.2 Å². The van der Waals surface area contributed by atoms with Crippen molar-refractivity contribution < 1.29 is 8.42 Å². The summed E-state index contributed by atoms with van der Waals surface area (Å²) < 4.78 is 25.7. The Morgan fingerprint density at radius 2 is 1.79 bits per heavy atom. The van der Waals surface area contributed by atoms with Crippen molar-refractivity contribution in [1.82, 2.24) is 9.21 Å². The number of hydrogen-bond acceptors (Lipinski definition) is 4. The maximum atomic E-state index is 12.1. The Morgan fingerprint density at radius 3 is 2.16 bits per heavy atom. The molecule has 1 fully saturated rings. The van der Waals surface area contributed by atoms with Crippen molar-refractivity contribution in [3.05, 3.63) is 0 Å². The van der Waals surface area contributed by atoms with Crippen LogP contribution >= 0.6 is 12.2 Å². The lowest BCUT2D eigenvalue weighted by molar-refractivity contribution is 0.162. The number of piperazine rings is 1. The molecule has 1 atom stereocenters. The predicted molar refractivity (Wildman–Crippen MR) is 82.7 cm³/mol. The minimum atomic E-state index is -3.14. The summed E-state index contributed by atoms with van der Waals surface area (Å²) in [4.78, 5) is 2.72. The highest BCUT2D eigenvalue weighted by atomic mass is 32.2. The normalized spacial score (nSPS) is 20.6. The Balaban J connectivity index is 2.64. The Bertz CT molecular complexity index is 401. The number of nitrogens with zero attached hydrogens (tertiary/aromatic N) is 2. The highest BCUT2D eigenvalue weighted by Crippen LogP contribution is 2.16. The minimum absolute atomic E-state index is 0.101. The topological polar surface area (TPSA) is 66.6 Å². The molecule has 1 aliphatic rings. The summed E-state index contributed by atoms with van der Waals surface area (Å²) in [6.07, 6.45) is 1.96. The van der Waals surface area contributed by atoms with Gasteiger partial charge in [-0.2, -0.15) is 4.31 Å². The molecule has 1 aliphatic heterocycles. The molecule has 112 valence electrons. The number of nitrogens with two attached hydrogens (primary N) is 1. The highest BCUT2D eigenvalue weighted by molar-refractivity contribution is 7.89. The van der Waals surface area contributed by atoms with Crippen molar-refractivity contribution in [3.8, 4) is 0 Å². The number of rotatable bonds is 6. The molecule has 0 amide bonds. The first kappa shape index (κ1) is 16.8. The zero-order valence-electron chi connectivity index (χ0n) is 12.0. The monoisotopic (exact) mass is 307 g/mol. The molecular formula is C12H25N3O2S2. The van der Waals surface area contributed by atoms with Crippen LogP contribution in [0, 0.1) is 0 Å². The Hall–Kier alpha value is -0.240. The molecule has 0 bridgehead atoms. The molecule has 2 N–H and O–H groups in total. The molecule has 0 aromatic carbocycles. The molecular weight excluding hydrogens is 282 g/mol. The van der Waals surface area contributed by atoms with E-state index in [2.05, 4.69) is 11.8 Å². The van der Waals surface area contributed by atoms with Gasteiger partial charge in [0.1, 0.15) is 0 Å². The maximum Gasteiger partial charge on any atom is 0.216 e. The fraction of sp³-hybridized carbons (Fsp3) is 0.917. The van der Waals surface area contributed by atoms with Crippen LogP contribution in [0.25, 0.3) is 0 Å². The van der Waals surface area contributed by atoms with Gasteiger partial charge in [-0.1, -0.05) is 25.6 Å². The summed E-state index contributed by atoms with van der Waals surface area (Å²) in [6, 6.07) is 0.101. The molecule has 1 unspecified atom stereocenters. The third kappa shape index (κ3) is 4.11. The zero-order valence-corrected chi connectivity index (χ0v) is 13.6. The van der Waals surface area contributed by atoms with Crippen LogP contribution in [0.2, 0.25) is 0 Å². The van der Waals surface area contributed by atoms with Crippen molar-refractivity contribution >= 4 is 27.2 Å². The number of sulfonamides is 1. The zero-order chi connectivity index (χ0) is 14.6. The Kier molecular flexibility index (Phi) is 6.16. The van der Waals surface area contributed by atoms with Crippen LogP contribution in [0.3, 0.4) is 0 Å². The van der Waals surface area contributed by atoms with Gasteiger partial charge in [0.25, 0.3) is 0 Å². The van der Waals surface area contributed by atoms with Gasteiger partial charge in [0, 0.05) is 26.2 Å². The molecule has 1 rings (SSSR count). The van der Waals surface area contributed by atoms with Gasteiger partial charge in [-0.15, -0.1) is 0 Å². The molecule has 5 nitrogen and oxygen atoms in total. The summed E-state index contributed by atoms with van der Waals surface area (Å²) in [5, 5.41) is -0.360. The van der Waals surface area contributed by atoms with Gasteiger partial charge in [-0.05, 0) is 20.3 Å². The molecule has 7 heteroatoms. The predicted octanol–water partition coefficient (Wildman–Crippen LogP) is 0.797. The summed E-state index contributed by atoms with van der Waals surface area (Å²) in [6.45, 7) is 8.01. The van der Waals surface area contributed by atoms with Gasteiger partial charge in [0.2, 0.25) is 10.0 Å². The van der Waals surface area contributed by atoms with Crippen molar-refractivity contribution in [3.63, 3.8) is 0 Å². The molecule has 0 saturated carbocycles. The van der Waals surface area contributed by atoms with Gasteiger partial charge >= 0.3 is 0 Å². The Morgan fingerprint density at radius 1 is 1.26 bits per heavy atom. The second-order valence-electron chi connectivity index (χ2n) is 5.24. The average molecular weight is 307 g/mol. The lowest BCUT2D eigenvalue weighted by Gasteiger charge is -2.38. The number of thiocarbonyl (C=S) groups is 1. The minimum Gasteiger partial charge on any atom is -0.392 e. The highest BCUT2D eigenvalue weighted by Gasteiger charge is 2.31. The van der Waals surface area contributed by atoms with E-state index in [9.17, 15) is 8.42 Å². The van der Waals surface area contributed by atoms with Crippen molar-refractivity contribution in [2.45, 2.75) is 44.9 Å². The van der Waals surface area contributed by atoms with E-state index in [0.717, 1.165) is 12.8 Å². The quantitative estimate of drug-likeness (QED) is 0.735. The molecule has 1 saturated heterocycles. The molecule has 19 heavy (non-hydrogen) atoms. The molecule has 0 spiro atoms. The van der Waals surface area contributed by atoms with E-state index in [-0.39, 0.29) is 11.3 Å². The van der Waals surface area contributed by atoms with Crippen LogP contribution < -0.4 is 5.73 Å². The second-order valence-corrected chi connectivity index (χ2v) is 8.20. The van der Waals surface area contributed by atoms with E-state index in [1.54, 1.807) is 18.2 Å². The first-order valence-electron chi connectivity index (χ1n) is 6.83. The standard InChI is InChI=1S/C12H25N3O2S2/c1-4-5-11(12(13)18)14-6-8-15(9-7-14)19(16,17)10(2)3/h10-11H,4-9H2,1-3H3,(H2,13,18). The molecule has 1 heterocycles. The van der Waals surface area contributed by atoms with Crippen LogP contribution in [0.1, 0.15) is 33.6 Å².